The summed E-state index contributed by atoms with van der Waals surface area (Å²) in [4.78, 5) is 23.7. The van der Waals surface area contributed by atoms with Gasteiger partial charge in [-0.2, -0.15) is 0 Å². The number of amides is 1. The Morgan fingerprint density at radius 2 is 1.74 bits per heavy atom. The van der Waals surface area contributed by atoms with Gasteiger partial charge >= 0.3 is 12.3 Å². The van der Waals surface area contributed by atoms with Crippen molar-refractivity contribution in [3.8, 4) is 0 Å². The van der Waals surface area contributed by atoms with Gasteiger partial charge < -0.3 is 9.47 Å². The molecular formula is C15H18F3NO4. The number of halogens is 3. The molecule has 0 fully saturated rings. The minimum atomic E-state index is -5.05. The summed E-state index contributed by atoms with van der Waals surface area (Å²) in [5.41, 5.74) is -0.185. The molecule has 23 heavy (non-hydrogen) atoms. The number of rotatable bonds is 7. The highest BCUT2D eigenvalue weighted by Crippen LogP contribution is 2.27. The molecule has 1 unspecified atom stereocenters. The third-order valence-corrected chi connectivity index (χ3v) is 2.86. The molecule has 0 N–H and O–H groups in total. The Balaban J connectivity index is 3.19. The van der Waals surface area contributed by atoms with Crippen molar-refractivity contribution in [3.63, 3.8) is 0 Å². The smallest absolute Gasteiger partial charge is 0.464 e. The van der Waals surface area contributed by atoms with Gasteiger partial charge in [-0.15, -0.1) is 13.2 Å². The van der Waals surface area contributed by atoms with Crippen molar-refractivity contribution in [2.45, 2.75) is 26.2 Å². The molecule has 0 aliphatic rings. The van der Waals surface area contributed by atoms with Crippen LogP contribution in [0.4, 0.5) is 13.2 Å². The molecule has 5 nitrogen and oxygen atoms in total. The van der Waals surface area contributed by atoms with Gasteiger partial charge in [-0.1, -0.05) is 18.2 Å². The standard InChI is InChI=1S/C15H18F3NO4/c1-3-22-10-12(14(21)23-4-2)19(15(16,17)18)13(20)11-8-6-5-7-9-11/h5-9,12H,3-4,10H2,1-2H3. The van der Waals surface area contributed by atoms with E-state index < -0.39 is 35.7 Å². The van der Waals surface area contributed by atoms with E-state index in [1.807, 2.05) is 0 Å². The number of carbonyl (C=O) groups is 2. The minimum absolute atomic E-state index is 0.0983. The lowest BCUT2D eigenvalue weighted by Crippen LogP contribution is -2.55. The predicted octanol–water partition coefficient (Wildman–Crippen LogP) is 2.62. The number of ether oxygens (including phenoxy) is 2. The Morgan fingerprint density at radius 3 is 2.22 bits per heavy atom. The van der Waals surface area contributed by atoms with Gasteiger partial charge in [0.1, 0.15) is 0 Å². The zero-order valence-electron chi connectivity index (χ0n) is 12.8. The fraction of sp³-hybridized carbons (Fsp3) is 0.467. The number of benzene rings is 1. The molecule has 0 heterocycles. The van der Waals surface area contributed by atoms with Gasteiger partial charge in [0.2, 0.25) is 0 Å². The SMILES string of the molecule is CCOCC(C(=O)OCC)N(C(=O)c1ccccc1)C(F)(F)F. The van der Waals surface area contributed by atoms with Crippen LogP contribution < -0.4 is 0 Å². The molecule has 0 saturated heterocycles. The first kappa shape index (κ1) is 19.0. The first-order valence-corrected chi connectivity index (χ1v) is 7.02. The van der Waals surface area contributed by atoms with E-state index in [9.17, 15) is 22.8 Å². The van der Waals surface area contributed by atoms with Crippen LogP contribution in [0.25, 0.3) is 0 Å². The van der Waals surface area contributed by atoms with Crippen LogP contribution in [-0.2, 0) is 14.3 Å². The zero-order chi connectivity index (χ0) is 17.5. The molecule has 0 spiro atoms. The van der Waals surface area contributed by atoms with Crippen molar-refractivity contribution in [1.29, 1.82) is 0 Å². The van der Waals surface area contributed by atoms with Gasteiger partial charge in [0.05, 0.1) is 13.2 Å². The molecular weight excluding hydrogens is 315 g/mol. The van der Waals surface area contributed by atoms with Gasteiger partial charge in [-0.05, 0) is 26.0 Å². The third kappa shape index (κ3) is 5.24. The highest BCUT2D eigenvalue weighted by Gasteiger charge is 2.49. The van der Waals surface area contributed by atoms with Crippen LogP contribution in [0.3, 0.4) is 0 Å². The quantitative estimate of drug-likeness (QED) is 0.568. The summed E-state index contributed by atoms with van der Waals surface area (Å²) in [5, 5.41) is 0. The number of alkyl halides is 3. The second-order valence-corrected chi connectivity index (χ2v) is 4.44. The Bertz CT molecular complexity index is 519. The summed E-state index contributed by atoms with van der Waals surface area (Å²) >= 11 is 0. The molecule has 128 valence electrons. The maximum Gasteiger partial charge on any atom is 0.488 e. The van der Waals surface area contributed by atoms with Gasteiger partial charge in [0.15, 0.2) is 6.04 Å². The molecule has 1 rings (SSSR count). The van der Waals surface area contributed by atoms with E-state index in [1.54, 1.807) is 13.0 Å². The van der Waals surface area contributed by atoms with Crippen LogP contribution in [0.2, 0.25) is 0 Å². The summed E-state index contributed by atoms with van der Waals surface area (Å²) in [5.74, 6) is -2.50. The average Bonchev–Trinajstić information content (AvgIpc) is 2.50. The summed E-state index contributed by atoms with van der Waals surface area (Å²) in [6, 6.07) is 5.02. The monoisotopic (exact) mass is 333 g/mol. The maximum atomic E-state index is 13.4. The van der Waals surface area contributed by atoms with Gasteiger partial charge in [0, 0.05) is 12.2 Å². The highest BCUT2D eigenvalue weighted by atomic mass is 19.4. The van der Waals surface area contributed by atoms with Crippen molar-refractivity contribution >= 4 is 11.9 Å². The van der Waals surface area contributed by atoms with E-state index in [-0.39, 0.29) is 18.8 Å². The summed E-state index contributed by atoms with van der Waals surface area (Å²) in [6.45, 7) is 2.42. The van der Waals surface area contributed by atoms with Gasteiger partial charge in [-0.3, -0.25) is 4.79 Å². The fourth-order valence-electron chi connectivity index (χ4n) is 1.87. The van der Waals surface area contributed by atoms with Crippen LogP contribution >= 0.6 is 0 Å². The van der Waals surface area contributed by atoms with E-state index in [0.29, 0.717) is 0 Å². The van der Waals surface area contributed by atoms with E-state index in [2.05, 4.69) is 4.74 Å². The summed E-state index contributed by atoms with van der Waals surface area (Å²) < 4.78 is 49.7. The third-order valence-electron chi connectivity index (χ3n) is 2.86. The predicted molar refractivity (Wildman–Crippen MR) is 75.6 cm³/mol. The highest BCUT2D eigenvalue weighted by molar-refractivity contribution is 5.97. The number of esters is 1. The van der Waals surface area contributed by atoms with Crippen LogP contribution in [0, 0.1) is 0 Å². The van der Waals surface area contributed by atoms with Crippen LogP contribution in [-0.4, -0.2) is 48.9 Å². The van der Waals surface area contributed by atoms with Crippen molar-refractivity contribution in [2.75, 3.05) is 19.8 Å². The lowest BCUT2D eigenvalue weighted by atomic mass is 10.1. The van der Waals surface area contributed by atoms with Crippen LogP contribution in [0.1, 0.15) is 24.2 Å². The number of hydrogen-bond acceptors (Lipinski definition) is 4. The normalized spacial score (nSPS) is 12.6. The maximum absolute atomic E-state index is 13.4. The molecule has 8 heteroatoms. The van der Waals surface area contributed by atoms with E-state index >= 15 is 0 Å². The largest absolute Gasteiger partial charge is 0.488 e. The van der Waals surface area contributed by atoms with Gasteiger partial charge in [-0.25, -0.2) is 9.69 Å². The van der Waals surface area contributed by atoms with Crippen molar-refractivity contribution in [3.05, 3.63) is 35.9 Å². The Labute approximate surface area is 132 Å². The van der Waals surface area contributed by atoms with Crippen molar-refractivity contribution < 1.29 is 32.2 Å². The first-order valence-electron chi connectivity index (χ1n) is 7.02. The average molecular weight is 333 g/mol. The number of nitrogens with zero attached hydrogens (tertiary/aromatic N) is 1. The second-order valence-electron chi connectivity index (χ2n) is 4.44. The van der Waals surface area contributed by atoms with E-state index in [0.717, 1.165) is 0 Å². The van der Waals surface area contributed by atoms with E-state index in [4.69, 9.17) is 4.74 Å². The second kappa shape index (κ2) is 8.52. The van der Waals surface area contributed by atoms with Crippen LogP contribution in [0.15, 0.2) is 30.3 Å². The molecule has 0 aliphatic carbocycles. The van der Waals surface area contributed by atoms with E-state index in [1.165, 1.54) is 31.2 Å². The first-order chi connectivity index (χ1) is 10.8. The Hall–Kier alpha value is -2.09. The Morgan fingerprint density at radius 1 is 1.13 bits per heavy atom. The Kier molecular flexibility index (Phi) is 7.02. The van der Waals surface area contributed by atoms with Gasteiger partial charge in [0.25, 0.3) is 5.91 Å². The molecule has 0 saturated carbocycles. The lowest BCUT2D eigenvalue weighted by molar-refractivity contribution is -0.242. The minimum Gasteiger partial charge on any atom is -0.464 e. The molecule has 1 aromatic carbocycles. The van der Waals surface area contributed by atoms with Crippen LogP contribution in [0.5, 0.6) is 0 Å². The molecule has 0 bridgehead atoms. The fourth-order valence-corrected chi connectivity index (χ4v) is 1.87. The number of hydrogen-bond donors (Lipinski definition) is 0. The lowest BCUT2D eigenvalue weighted by Gasteiger charge is -2.31. The molecule has 0 aliphatic heterocycles. The molecule has 1 amide bonds. The number of carbonyl (C=O) groups excluding carboxylic acids is 2. The molecule has 0 aromatic heterocycles. The summed E-state index contributed by atoms with van der Waals surface area (Å²) in [6.07, 6.45) is -5.05. The van der Waals surface area contributed by atoms with Crippen molar-refractivity contribution in [1.82, 2.24) is 4.90 Å². The zero-order valence-corrected chi connectivity index (χ0v) is 12.8. The van der Waals surface area contributed by atoms with Crippen molar-refractivity contribution in [2.24, 2.45) is 0 Å². The molecule has 0 radical (unpaired) electrons. The molecule has 1 aromatic rings. The summed E-state index contributed by atoms with van der Waals surface area (Å²) in [7, 11) is 0. The topological polar surface area (TPSA) is 55.8 Å². The molecule has 1 atom stereocenters.